The third-order valence-corrected chi connectivity index (χ3v) is 1.70. The molecule has 0 fully saturated rings. The number of aliphatic imine (C=N–C) groups is 1. The van der Waals surface area contributed by atoms with Crippen LogP contribution in [-0.4, -0.2) is 13.3 Å². The zero-order valence-electron chi connectivity index (χ0n) is 7.26. The van der Waals surface area contributed by atoms with Gasteiger partial charge < -0.3 is 0 Å². The highest BCUT2D eigenvalue weighted by Gasteiger charge is 1.93. The minimum atomic E-state index is 1.22. The third kappa shape index (κ3) is 1.90. The Morgan fingerprint density at radius 2 is 2.00 bits per heavy atom. The van der Waals surface area contributed by atoms with Gasteiger partial charge in [0.15, 0.2) is 0 Å². The predicted molar refractivity (Wildman–Crippen MR) is 49.4 cm³/mol. The molecule has 11 heavy (non-hydrogen) atoms. The maximum absolute atomic E-state index is 3.98. The fourth-order valence-electron chi connectivity index (χ4n) is 1.04. The van der Waals surface area contributed by atoms with E-state index in [2.05, 4.69) is 37.0 Å². The topological polar surface area (TPSA) is 12.4 Å². The van der Waals surface area contributed by atoms with Gasteiger partial charge in [-0.25, -0.2) is 0 Å². The molecule has 0 aliphatic rings. The van der Waals surface area contributed by atoms with Crippen LogP contribution in [-0.2, 0) is 0 Å². The van der Waals surface area contributed by atoms with Crippen LogP contribution in [0.3, 0.4) is 0 Å². The van der Waals surface area contributed by atoms with Crippen LogP contribution < -0.4 is 0 Å². The number of rotatable bonds is 1. The first kappa shape index (κ1) is 7.99. The zero-order chi connectivity index (χ0) is 8.27. The summed E-state index contributed by atoms with van der Waals surface area (Å²) in [4.78, 5) is 3.98. The van der Waals surface area contributed by atoms with E-state index in [1.807, 2.05) is 6.21 Å². The van der Waals surface area contributed by atoms with Gasteiger partial charge in [0.25, 0.3) is 0 Å². The molecule has 0 aliphatic heterocycles. The molecular weight excluding hydrogens is 134 g/mol. The van der Waals surface area contributed by atoms with Crippen molar-refractivity contribution in [1.29, 1.82) is 0 Å². The zero-order valence-corrected chi connectivity index (χ0v) is 7.26. The summed E-state index contributed by atoms with van der Waals surface area (Å²) in [6, 6.07) is 6.37. The number of hydrogen-bond donors (Lipinski definition) is 0. The molecule has 0 amide bonds. The van der Waals surface area contributed by atoms with Crippen LogP contribution in [0.2, 0.25) is 0 Å². The van der Waals surface area contributed by atoms with Gasteiger partial charge in [0.05, 0.1) is 0 Å². The van der Waals surface area contributed by atoms with Gasteiger partial charge in [0, 0.05) is 13.3 Å². The van der Waals surface area contributed by atoms with Gasteiger partial charge in [-0.3, -0.25) is 4.99 Å². The number of hydrogen-bond acceptors (Lipinski definition) is 1. The average molecular weight is 147 g/mol. The lowest BCUT2D eigenvalue weighted by Gasteiger charge is -1.99. The third-order valence-electron chi connectivity index (χ3n) is 1.70. The smallest absolute Gasteiger partial charge is 0.0284 e. The summed E-state index contributed by atoms with van der Waals surface area (Å²) in [6.45, 7) is 4.18. The minimum Gasteiger partial charge on any atom is -0.296 e. The van der Waals surface area contributed by atoms with Crippen molar-refractivity contribution < 1.29 is 0 Å². The van der Waals surface area contributed by atoms with Crippen molar-refractivity contribution in [2.75, 3.05) is 7.05 Å². The van der Waals surface area contributed by atoms with E-state index in [1.165, 1.54) is 16.7 Å². The highest BCUT2D eigenvalue weighted by molar-refractivity contribution is 5.81. The first-order valence-corrected chi connectivity index (χ1v) is 3.73. The largest absolute Gasteiger partial charge is 0.296 e. The number of nitrogens with zero attached hydrogens (tertiary/aromatic N) is 1. The van der Waals surface area contributed by atoms with E-state index in [0.29, 0.717) is 0 Å². The van der Waals surface area contributed by atoms with Crippen molar-refractivity contribution in [3.05, 3.63) is 34.9 Å². The molecule has 1 aromatic rings. The lowest BCUT2D eigenvalue weighted by molar-refractivity contribution is 1.37. The van der Waals surface area contributed by atoms with E-state index in [9.17, 15) is 0 Å². The summed E-state index contributed by atoms with van der Waals surface area (Å²) < 4.78 is 0. The van der Waals surface area contributed by atoms with E-state index in [1.54, 1.807) is 7.05 Å². The lowest BCUT2D eigenvalue weighted by atomic mass is 10.1. The first-order valence-electron chi connectivity index (χ1n) is 3.73. The standard InChI is InChI=1S/C10H13N/c1-8-4-5-9(2)10(6-8)7-11-3/h4-7H,1-3H3. The van der Waals surface area contributed by atoms with Crippen LogP contribution in [0, 0.1) is 13.8 Å². The molecule has 1 aromatic carbocycles. The number of benzene rings is 1. The Morgan fingerprint density at radius 1 is 1.27 bits per heavy atom. The van der Waals surface area contributed by atoms with Crippen molar-refractivity contribution in [2.24, 2.45) is 4.99 Å². The molecule has 0 bridgehead atoms. The Kier molecular flexibility index (Phi) is 2.42. The fourth-order valence-corrected chi connectivity index (χ4v) is 1.04. The molecule has 0 spiro atoms. The molecule has 0 saturated heterocycles. The van der Waals surface area contributed by atoms with Crippen LogP contribution in [0.25, 0.3) is 0 Å². The molecule has 0 unspecified atom stereocenters. The molecule has 1 heteroatoms. The van der Waals surface area contributed by atoms with Crippen molar-refractivity contribution in [3.8, 4) is 0 Å². The lowest BCUT2D eigenvalue weighted by Crippen LogP contribution is -1.87. The van der Waals surface area contributed by atoms with Crippen molar-refractivity contribution in [1.82, 2.24) is 0 Å². The van der Waals surface area contributed by atoms with Gasteiger partial charge in [-0.1, -0.05) is 23.8 Å². The van der Waals surface area contributed by atoms with Gasteiger partial charge in [-0.05, 0) is 25.0 Å². The van der Waals surface area contributed by atoms with E-state index < -0.39 is 0 Å². The average Bonchev–Trinajstić information content (AvgIpc) is 1.98. The predicted octanol–water partition coefficient (Wildman–Crippen LogP) is 2.35. The van der Waals surface area contributed by atoms with E-state index in [-0.39, 0.29) is 0 Å². The van der Waals surface area contributed by atoms with E-state index in [0.717, 1.165) is 0 Å². The van der Waals surface area contributed by atoms with Gasteiger partial charge in [-0.15, -0.1) is 0 Å². The Morgan fingerprint density at radius 3 is 2.64 bits per heavy atom. The molecule has 0 aromatic heterocycles. The van der Waals surface area contributed by atoms with Crippen LogP contribution in [0.5, 0.6) is 0 Å². The molecule has 0 saturated carbocycles. The Bertz CT molecular complexity index is 274. The summed E-state index contributed by atoms with van der Waals surface area (Å²) in [5, 5.41) is 0. The minimum absolute atomic E-state index is 1.22. The molecule has 0 radical (unpaired) electrons. The van der Waals surface area contributed by atoms with Crippen molar-refractivity contribution in [3.63, 3.8) is 0 Å². The van der Waals surface area contributed by atoms with E-state index >= 15 is 0 Å². The monoisotopic (exact) mass is 147 g/mol. The molecule has 0 N–H and O–H groups in total. The van der Waals surface area contributed by atoms with Gasteiger partial charge in [0.1, 0.15) is 0 Å². The van der Waals surface area contributed by atoms with Gasteiger partial charge >= 0.3 is 0 Å². The van der Waals surface area contributed by atoms with Gasteiger partial charge in [0.2, 0.25) is 0 Å². The van der Waals surface area contributed by atoms with Crippen molar-refractivity contribution in [2.45, 2.75) is 13.8 Å². The quantitative estimate of drug-likeness (QED) is 0.541. The van der Waals surface area contributed by atoms with Crippen LogP contribution in [0.15, 0.2) is 23.2 Å². The molecule has 58 valence electrons. The fraction of sp³-hybridized carbons (Fsp3) is 0.300. The molecule has 1 rings (SSSR count). The molecule has 0 heterocycles. The van der Waals surface area contributed by atoms with Crippen LogP contribution >= 0.6 is 0 Å². The Balaban J connectivity index is 3.12. The number of aryl methyl sites for hydroxylation is 2. The molecule has 0 aliphatic carbocycles. The summed E-state index contributed by atoms with van der Waals surface area (Å²) in [6.07, 6.45) is 1.89. The summed E-state index contributed by atoms with van der Waals surface area (Å²) in [5.41, 5.74) is 3.78. The van der Waals surface area contributed by atoms with Crippen LogP contribution in [0.1, 0.15) is 16.7 Å². The first-order chi connectivity index (χ1) is 5.24. The molecule has 0 atom stereocenters. The van der Waals surface area contributed by atoms with Gasteiger partial charge in [-0.2, -0.15) is 0 Å². The molecule has 1 nitrogen and oxygen atoms in total. The summed E-state index contributed by atoms with van der Waals surface area (Å²) in [7, 11) is 1.79. The van der Waals surface area contributed by atoms with Crippen molar-refractivity contribution >= 4 is 6.21 Å². The van der Waals surface area contributed by atoms with E-state index in [4.69, 9.17) is 0 Å². The Labute approximate surface area is 67.8 Å². The highest BCUT2D eigenvalue weighted by Crippen LogP contribution is 2.07. The second kappa shape index (κ2) is 3.33. The Hall–Kier alpha value is -1.11. The maximum atomic E-state index is 3.98. The second-order valence-electron chi connectivity index (χ2n) is 2.75. The highest BCUT2D eigenvalue weighted by atomic mass is 14.6. The maximum Gasteiger partial charge on any atom is 0.0284 e. The molecular formula is C10H13N. The second-order valence-corrected chi connectivity index (χ2v) is 2.75. The normalized spacial score (nSPS) is 10.8. The summed E-state index contributed by atoms with van der Waals surface area (Å²) in [5.74, 6) is 0. The summed E-state index contributed by atoms with van der Waals surface area (Å²) >= 11 is 0. The SMILES string of the molecule is CN=Cc1cc(C)ccc1C. The van der Waals surface area contributed by atoms with Crippen LogP contribution in [0.4, 0.5) is 0 Å².